The molecule has 0 aliphatic carbocycles. The van der Waals surface area contributed by atoms with Gasteiger partial charge in [-0.05, 0) is 32.0 Å². The van der Waals surface area contributed by atoms with Gasteiger partial charge in [0.15, 0.2) is 0 Å². The summed E-state index contributed by atoms with van der Waals surface area (Å²) in [5.41, 5.74) is 1.27. The molecule has 0 amide bonds. The van der Waals surface area contributed by atoms with E-state index >= 15 is 0 Å². The molecular formula is C14H14N4O4S. The van der Waals surface area contributed by atoms with E-state index in [2.05, 4.69) is 14.9 Å². The number of rotatable bonds is 5. The lowest BCUT2D eigenvalue weighted by atomic mass is 10.2. The number of nitrogens with one attached hydrogen (secondary N) is 1. The van der Waals surface area contributed by atoms with Gasteiger partial charge in [0.25, 0.3) is 15.7 Å². The summed E-state index contributed by atoms with van der Waals surface area (Å²) in [6, 6.07) is 7.05. The zero-order valence-electron chi connectivity index (χ0n) is 12.4. The highest BCUT2D eigenvalue weighted by atomic mass is 32.2. The first kappa shape index (κ1) is 16.6. The van der Waals surface area contributed by atoms with Crippen LogP contribution in [-0.2, 0) is 10.0 Å². The molecule has 0 bridgehead atoms. The lowest BCUT2D eigenvalue weighted by Gasteiger charge is -2.06. The van der Waals surface area contributed by atoms with E-state index in [1.165, 1.54) is 19.1 Å². The average Bonchev–Trinajstić information content (AvgIpc) is 2.53. The van der Waals surface area contributed by atoms with Crippen molar-refractivity contribution in [3.8, 4) is 0 Å². The van der Waals surface area contributed by atoms with Crippen LogP contribution in [-0.4, -0.2) is 24.0 Å². The van der Waals surface area contributed by atoms with Crippen molar-refractivity contribution in [3.63, 3.8) is 0 Å². The molecule has 23 heavy (non-hydrogen) atoms. The highest BCUT2D eigenvalue weighted by Crippen LogP contribution is 2.22. The number of benzene rings is 1. The van der Waals surface area contributed by atoms with Gasteiger partial charge >= 0.3 is 0 Å². The summed E-state index contributed by atoms with van der Waals surface area (Å²) in [5, 5.41) is 14.7. The van der Waals surface area contributed by atoms with Crippen molar-refractivity contribution in [3.05, 3.63) is 64.0 Å². The quantitative estimate of drug-likeness (QED) is 0.510. The van der Waals surface area contributed by atoms with E-state index < -0.39 is 14.9 Å². The van der Waals surface area contributed by atoms with Crippen molar-refractivity contribution in [2.24, 2.45) is 5.10 Å². The smallest absolute Gasteiger partial charge is 0.265 e. The summed E-state index contributed by atoms with van der Waals surface area (Å²) < 4.78 is 24.4. The van der Waals surface area contributed by atoms with Gasteiger partial charge in [0, 0.05) is 29.6 Å². The summed E-state index contributed by atoms with van der Waals surface area (Å²) in [5.74, 6) is 0. The fourth-order valence-corrected chi connectivity index (χ4v) is 2.67. The van der Waals surface area contributed by atoms with Gasteiger partial charge in [0.1, 0.15) is 0 Å². The first-order chi connectivity index (χ1) is 10.8. The average molecular weight is 334 g/mol. The molecule has 0 unspecified atom stereocenters. The molecule has 120 valence electrons. The number of nitro benzene ring substituents is 1. The van der Waals surface area contributed by atoms with E-state index in [0.717, 1.165) is 6.07 Å². The summed E-state index contributed by atoms with van der Waals surface area (Å²) in [6.07, 6.45) is 3.12. The third-order valence-electron chi connectivity index (χ3n) is 3.12. The van der Waals surface area contributed by atoms with E-state index in [9.17, 15) is 18.5 Å². The van der Waals surface area contributed by atoms with Gasteiger partial charge in [0.2, 0.25) is 0 Å². The van der Waals surface area contributed by atoms with E-state index in [1.807, 2.05) is 0 Å². The summed E-state index contributed by atoms with van der Waals surface area (Å²) in [6.45, 7) is 3.17. The number of pyridine rings is 1. The van der Waals surface area contributed by atoms with Gasteiger partial charge in [-0.25, -0.2) is 0 Å². The second kappa shape index (κ2) is 6.53. The molecule has 0 radical (unpaired) electrons. The molecule has 0 fully saturated rings. The molecule has 1 N–H and O–H groups in total. The molecule has 2 rings (SSSR count). The molecule has 0 aliphatic heterocycles. The number of nitro groups is 1. The topological polar surface area (TPSA) is 115 Å². The second-order valence-corrected chi connectivity index (χ2v) is 6.39. The maximum Gasteiger partial charge on any atom is 0.276 e. The SMILES string of the molecule is C/C(=N\NS(=O)(=O)c1ccc(C)c([N+](=O)[O-])c1)c1ccncc1. The Morgan fingerprint density at radius 3 is 2.52 bits per heavy atom. The standard InChI is InChI=1S/C14H14N4O4S/c1-10-3-4-13(9-14(10)18(19)20)23(21,22)17-16-11(2)12-5-7-15-8-6-12/h3-9,17H,1-2H3/b16-11+. The summed E-state index contributed by atoms with van der Waals surface area (Å²) in [4.78, 5) is 16.0. The zero-order valence-corrected chi connectivity index (χ0v) is 13.2. The van der Waals surface area contributed by atoms with Crippen molar-refractivity contribution in [1.29, 1.82) is 0 Å². The molecule has 0 atom stereocenters. The van der Waals surface area contributed by atoms with E-state index in [-0.39, 0.29) is 10.6 Å². The minimum absolute atomic E-state index is 0.221. The zero-order chi connectivity index (χ0) is 17.0. The van der Waals surface area contributed by atoms with Crippen LogP contribution >= 0.6 is 0 Å². The molecule has 0 saturated carbocycles. The van der Waals surface area contributed by atoms with Crippen LogP contribution < -0.4 is 4.83 Å². The van der Waals surface area contributed by atoms with Crippen molar-refractivity contribution in [1.82, 2.24) is 9.82 Å². The van der Waals surface area contributed by atoms with Crippen molar-refractivity contribution < 1.29 is 13.3 Å². The molecule has 9 heteroatoms. The Morgan fingerprint density at radius 1 is 1.26 bits per heavy atom. The Hall–Kier alpha value is -2.81. The number of aryl methyl sites for hydroxylation is 1. The molecule has 1 aromatic heterocycles. The predicted molar refractivity (Wildman–Crippen MR) is 84.6 cm³/mol. The number of nitrogens with zero attached hydrogens (tertiary/aromatic N) is 3. The number of hydrazone groups is 1. The largest absolute Gasteiger partial charge is 0.276 e. The third-order valence-corrected chi connectivity index (χ3v) is 4.33. The molecule has 0 aliphatic rings. The van der Waals surface area contributed by atoms with Crippen LogP contribution in [0.25, 0.3) is 0 Å². The predicted octanol–water partition coefficient (Wildman–Crippen LogP) is 2.00. The highest BCUT2D eigenvalue weighted by Gasteiger charge is 2.19. The Morgan fingerprint density at radius 2 is 1.91 bits per heavy atom. The van der Waals surface area contributed by atoms with Crippen LogP contribution in [0, 0.1) is 17.0 Å². The van der Waals surface area contributed by atoms with Crippen molar-refractivity contribution >= 4 is 21.4 Å². The molecule has 1 aromatic carbocycles. The number of hydrogen-bond acceptors (Lipinski definition) is 6. The second-order valence-electron chi connectivity index (χ2n) is 4.73. The van der Waals surface area contributed by atoms with Gasteiger partial charge in [-0.1, -0.05) is 6.07 Å². The van der Waals surface area contributed by atoms with Crippen LogP contribution in [0.5, 0.6) is 0 Å². The number of sulfonamides is 1. The highest BCUT2D eigenvalue weighted by molar-refractivity contribution is 7.89. The molecule has 0 saturated heterocycles. The van der Waals surface area contributed by atoms with Gasteiger partial charge in [-0.2, -0.15) is 18.4 Å². The minimum atomic E-state index is -3.99. The van der Waals surface area contributed by atoms with Crippen LogP contribution in [0.15, 0.2) is 52.7 Å². The van der Waals surface area contributed by atoms with E-state index in [1.54, 1.807) is 31.5 Å². The van der Waals surface area contributed by atoms with Crippen molar-refractivity contribution in [2.75, 3.05) is 0 Å². The molecule has 8 nitrogen and oxygen atoms in total. The summed E-state index contributed by atoms with van der Waals surface area (Å²) in [7, 11) is -3.99. The first-order valence-electron chi connectivity index (χ1n) is 6.53. The molecule has 2 aromatic rings. The van der Waals surface area contributed by atoms with Crippen LogP contribution in [0.2, 0.25) is 0 Å². The van der Waals surface area contributed by atoms with Crippen molar-refractivity contribution in [2.45, 2.75) is 18.7 Å². The van der Waals surface area contributed by atoms with E-state index in [4.69, 9.17) is 0 Å². The van der Waals surface area contributed by atoms with Gasteiger partial charge in [-0.3, -0.25) is 15.1 Å². The normalized spacial score (nSPS) is 12.0. The van der Waals surface area contributed by atoms with Crippen LogP contribution in [0.1, 0.15) is 18.1 Å². The number of hydrogen-bond donors (Lipinski definition) is 1. The van der Waals surface area contributed by atoms with Gasteiger partial charge in [-0.15, -0.1) is 0 Å². The molecule has 0 spiro atoms. The molecular weight excluding hydrogens is 320 g/mol. The monoisotopic (exact) mass is 334 g/mol. The Kier molecular flexibility index (Phi) is 4.70. The summed E-state index contributed by atoms with van der Waals surface area (Å²) >= 11 is 0. The fraction of sp³-hybridized carbons (Fsp3) is 0.143. The van der Waals surface area contributed by atoms with E-state index in [0.29, 0.717) is 16.8 Å². The Labute approximate surface area is 133 Å². The fourth-order valence-electron chi connectivity index (χ4n) is 1.79. The maximum absolute atomic E-state index is 12.2. The van der Waals surface area contributed by atoms with Crippen LogP contribution in [0.3, 0.4) is 0 Å². The Bertz CT molecular complexity index is 864. The maximum atomic E-state index is 12.2. The number of aromatic nitrogens is 1. The lowest BCUT2D eigenvalue weighted by Crippen LogP contribution is -2.20. The third kappa shape index (κ3) is 3.89. The molecule has 1 heterocycles. The van der Waals surface area contributed by atoms with Gasteiger partial charge in [0.05, 0.1) is 15.5 Å². The minimum Gasteiger partial charge on any atom is -0.265 e. The Balaban J connectivity index is 2.29. The lowest BCUT2D eigenvalue weighted by molar-refractivity contribution is -0.385. The van der Waals surface area contributed by atoms with Crippen LogP contribution in [0.4, 0.5) is 5.69 Å². The first-order valence-corrected chi connectivity index (χ1v) is 8.01. The van der Waals surface area contributed by atoms with Gasteiger partial charge < -0.3 is 0 Å².